The minimum atomic E-state index is -0.492. The zero-order chi connectivity index (χ0) is 24.5. The number of carbonyl (C=O) groups is 2. The smallest absolute Gasteiger partial charge is 0.374 e. The third-order valence-corrected chi connectivity index (χ3v) is 4.44. The van der Waals surface area contributed by atoms with Gasteiger partial charge < -0.3 is 28.2 Å². The molecule has 0 atom stereocenters. The van der Waals surface area contributed by atoms with Gasteiger partial charge in [0.2, 0.25) is 11.5 Å². The fourth-order valence-electron chi connectivity index (χ4n) is 2.92. The fourth-order valence-corrected chi connectivity index (χ4v) is 2.92. The van der Waals surface area contributed by atoms with E-state index in [2.05, 4.69) is 11.8 Å². The van der Waals surface area contributed by atoms with Crippen LogP contribution < -0.4 is 4.74 Å². The molecule has 8 nitrogen and oxygen atoms in total. The van der Waals surface area contributed by atoms with Gasteiger partial charge in [0.15, 0.2) is 0 Å². The van der Waals surface area contributed by atoms with Crippen LogP contribution in [0.3, 0.4) is 0 Å². The molecule has 0 unspecified atom stereocenters. The van der Waals surface area contributed by atoms with Crippen molar-refractivity contribution in [3.05, 3.63) is 60.1 Å². The first-order valence-electron chi connectivity index (χ1n) is 10.6. The van der Waals surface area contributed by atoms with Crippen molar-refractivity contribution in [2.24, 2.45) is 0 Å². The molecule has 0 fully saturated rings. The van der Waals surface area contributed by atoms with Crippen LogP contribution in [0.2, 0.25) is 0 Å². The van der Waals surface area contributed by atoms with Crippen LogP contribution in [0.4, 0.5) is 0 Å². The maximum Gasteiger partial charge on any atom is 0.374 e. The lowest BCUT2D eigenvalue weighted by Crippen LogP contribution is -2.02. The monoisotopic (exact) mass is 464 g/mol. The molecule has 4 rings (SSSR count). The first kappa shape index (κ1) is 24.3. The summed E-state index contributed by atoms with van der Waals surface area (Å²) in [6, 6.07) is 13.3. The summed E-state index contributed by atoms with van der Waals surface area (Å²) >= 11 is 0. The normalized spacial score (nSPS) is 10.1. The molecule has 0 bridgehead atoms. The van der Waals surface area contributed by atoms with E-state index < -0.39 is 11.9 Å². The number of fused-ring (bicyclic) bond motifs is 2. The molecule has 8 heteroatoms. The number of phenols is 1. The lowest BCUT2D eigenvalue weighted by atomic mass is 10.2. The SMILES string of the molecule is CC#CCOc1ccc2cc(C(=O)OCC)oc2c1.CCOC(=O)c1cc2ccc(O)cc2o1. The van der Waals surface area contributed by atoms with Crippen molar-refractivity contribution in [1.29, 1.82) is 0 Å². The highest BCUT2D eigenvalue weighted by molar-refractivity contribution is 5.93. The number of aromatic hydroxyl groups is 1. The standard InChI is InChI=1S/C15H14O4.C11H10O4/c1-3-5-8-18-12-7-6-11-9-14(15(16)17-4-2)19-13(11)10-12;1-2-14-11(13)10-5-7-3-4-8(12)6-9(7)15-10/h6-7,9-10H,4,8H2,1-2H3;3-6,12H,2H2,1H3. The second-order valence-electron chi connectivity index (χ2n) is 6.80. The van der Waals surface area contributed by atoms with Crippen molar-refractivity contribution >= 4 is 33.9 Å². The average molecular weight is 464 g/mol. The predicted molar refractivity (Wildman–Crippen MR) is 125 cm³/mol. The Morgan fingerprint density at radius 2 is 1.41 bits per heavy atom. The summed E-state index contributed by atoms with van der Waals surface area (Å²) in [6.45, 7) is 6.19. The van der Waals surface area contributed by atoms with Gasteiger partial charge in [-0.05, 0) is 57.2 Å². The third kappa shape index (κ3) is 6.11. The highest BCUT2D eigenvalue weighted by atomic mass is 16.5. The Kier molecular flexibility index (Phi) is 8.19. The molecule has 0 aliphatic carbocycles. The number of ether oxygens (including phenoxy) is 3. The first-order valence-corrected chi connectivity index (χ1v) is 10.6. The Bertz CT molecular complexity index is 1350. The summed E-state index contributed by atoms with van der Waals surface area (Å²) in [5.41, 5.74) is 1.06. The van der Waals surface area contributed by atoms with E-state index in [0.717, 1.165) is 10.8 Å². The van der Waals surface area contributed by atoms with Crippen LogP contribution >= 0.6 is 0 Å². The summed E-state index contributed by atoms with van der Waals surface area (Å²) < 4.78 is 25.8. The van der Waals surface area contributed by atoms with E-state index in [1.807, 2.05) is 12.1 Å². The molecule has 176 valence electrons. The summed E-state index contributed by atoms with van der Waals surface area (Å²) in [7, 11) is 0. The van der Waals surface area contributed by atoms with E-state index in [0.29, 0.717) is 36.7 Å². The molecule has 0 aliphatic rings. The minimum absolute atomic E-state index is 0.104. The molecular weight excluding hydrogens is 440 g/mol. The predicted octanol–water partition coefficient (Wildman–Crippen LogP) is 5.33. The molecule has 2 aromatic carbocycles. The second kappa shape index (κ2) is 11.5. The Morgan fingerprint density at radius 1 is 0.853 bits per heavy atom. The molecule has 0 amide bonds. The van der Waals surface area contributed by atoms with Gasteiger partial charge in [0.05, 0.1) is 13.2 Å². The van der Waals surface area contributed by atoms with Crippen molar-refractivity contribution in [1.82, 2.24) is 0 Å². The zero-order valence-corrected chi connectivity index (χ0v) is 19.0. The van der Waals surface area contributed by atoms with Gasteiger partial charge in [-0.15, -0.1) is 5.92 Å². The van der Waals surface area contributed by atoms with E-state index in [4.69, 9.17) is 23.0 Å². The van der Waals surface area contributed by atoms with Crippen molar-refractivity contribution in [2.75, 3.05) is 19.8 Å². The molecule has 34 heavy (non-hydrogen) atoms. The first-order chi connectivity index (χ1) is 16.4. The summed E-state index contributed by atoms with van der Waals surface area (Å²) in [4.78, 5) is 22.9. The van der Waals surface area contributed by atoms with Gasteiger partial charge in [0.1, 0.15) is 29.3 Å². The third-order valence-electron chi connectivity index (χ3n) is 4.44. The van der Waals surface area contributed by atoms with E-state index in [1.165, 1.54) is 12.1 Å². The van der Waals surface area contributed by atoms with Gasteiger partial charge in [-0.2, -0.15) is 0 Å². The molecule has 0 spiro atoms. The Morgan fingerprint density at radius 3 is 1.97 bits per heavy atom. The number of rotatable bonds is 6. The maximum atomic E-state index is 11.5. The van der Waals surface area contributed by atoms with Gasteiger partial charge in [-0.1, -0.05) is 5.92 Å². The number of carbonyl (C=O) groups excluding carboxylic acids is 2. The van der Waals surface area contributed by atoms with Gasteiger partial charge in [-0.25, -0.2) is 9.59 Å². The minimum Gasteiger partial charge on any atom is -0.508 e. The lowest BCUT2D eigenvalue weighted by molar-refractivity contribution is 0.0484. The number of hydrogen-bond donors (Lipinski definition) is 1. The van der Waals surface area contributed by atoms with E-state index in [1.54, 1.807) is 45.0 Å². The van der Waals surface area contributed by atoms with Crippen LogP contribution in [0, 0.1) is 11.8 Å². The lowest BCUT2D eigenvalue weighted by Gasteiger charge is -2.00. The van der Waals surface area contributed by atoms with Crippen molar-refractivity contribution < 1.29 is 37.7 Å². The topological polar surface area (TPSA) is 108 Å². The molecular formula is C26H24O8. The molecule has 4 aromatic rings. The van der Waals surface area contributed by atoms with Crippen molar-refractivity contribution in [2.45, 2.75) is 20.8 Å². The van der Waals surface area contributed by atoms with Crippen molar-refractivity contribution in [3.63, 3.8) is 0 Å². The number of esters is 2. The maximum absolute atomic E-state index is 11.5. The van der Waals surface area contributed by atoms with Gasteiger partial charge >= 0.3 is 11.9 Å². The number of phenolic OH excluding ortho intramolecular Hbond substituents is 1. The Hall–Kier alpha value is -4.38. The number of benzene rings is 2. The Balaban J connectivity index is 0.000000196. The van der Waals surface area contributed by atoms with Crippen LogP contribution in [0.5, 0.6) is 11.5 Å². The van der Waals surface area contributed by atoms with Crippen molar-refractivity contribution in [3.8, 4) is 23.3 Å². The van der Waals surface area contributed by atoms with Gasteiger partial charge in [0, 0.05) is 22.9 Å². The van der Waals surface area contributed by atoms with Crippen LogP contribution in [0.25, 0.3) is 21.9 Å². The number of hydrogen-bond acceptors (Lipinski definition) is 8. The van der Waals surface area contributed by atoms with Crippen LogP contribution in [0.15, 0.2) is 57.4 Å². The molecule has 0 radical (unpaired) electrons. The van der Waals surface area contributed by atoms with E-state index in [9.17, 15) is 14.7 Å². The molecule has 0 aliphatic heterocycles. The van der Waals surface area contributed by atoms with E-state index >= 15 is 0 Å². The highest BCUT2D eigenvalue weighted by Crippen LogP contribution is 2.25. The second-order valence-corrected chi connectivity index (χ2v) is 6.80. The molecule has 2 aromatic heterocycles. The summed E-state index contributed by atoms with van der Waals surface area (Å²) in [6.07, 6.45) is 0. The molecule has 1 N–H and O–H groups in total. The largest absolute Gasteiger partial charge is 0.508 e. The summed E-state index contributed by atoms with van der Waals surface area (Å²) in [5, 5.41) is 10.8. The number of furan rings is 2. The van der Waals surface area contributed by atoms with Crippen LogP contribution in [-0.4, -0.2) is 36.9 Å². The zero-order valence-electron chi connectivity index (χ0n) is 19.0. The van der Waals surface area contributed by atoms with Crippen LogP contribution in [0.1, 0.15) is 41.9 Å². The van der Waals surface area contributed by atoms with Gasteiger partial charge in [0.25, 0.3) is 0 Å². The quantitative estimate of drug-likeness (QED) is 0.301. The van der Waals surface area contributed by atoms with Crippen LogP contribution in [-0.2, 0) is 9.47 Å². The highest BCUT2D eigenvalue weighted by Gasteiger charge is 2.14. The molecule has 0 saturated carbocycles. The summed E-state index contributed by atoms with van der Waals surface area (Å²) in [5.74, 6) is 5.71. The Labute approximate surface area is 196 Å². The molecule has 2 heterocycles. The molecule has 0 saturated heterocycles. The van der Waals surface area contributed by atoms with E-state index in [-0.39, 0.29) is 17.3 Å². The fraction of sp³-hybridized carbons (Fsp3) is 0.231. The average Bonchev–Trinajstić information content (AvgIpc) is 3.44. The van der Waals surface area contributed by atoms with Gasteiger partial charge in [-0.3, -0.25) is 0 Å².